The number of rotatable bonds is 4. The Morgan fingerprint density at radius 3 is 2.71 bits per heavy atom. The van der Waals surface area contributed by atoms with Gasteiger partial charge in [-0.3, -0.25) is 4.79 Å². The molecular weight excluding hydrogens is 212 g/mol. The fourth-order valence-corrected chi connectivity index (χ4v) is 3.12. The van der Waals surface area contributed by atoms with Gasteiger partial charge in [-0.25, -0.2) is 0 Å². The molecule has 1 aliphatic heterocycles. The minimum Gasteiger partial charge on any atom is -0.356 e. The summed E-state index contributed by atoms with van der Waals surface area (Å²) in [6, 6.07) is 0.425. The fraction of sp³-hybridized carbons (Fsp3) is 0.929. The van der Waals surface area contributed by atoms with Crippen molar-refractivity contribution in [2.24, 2.45) is 5.41 Å². The minimum atomic E-state index is 0.233. The third-order valence-corrected chi connectivity index (χ3v) is 4.37. The van der Waals surface area contributed by atoms with E-state index in [1.807, 2.05) is 0 Å². The molecule has 2 aliphatic rings. The molecule has 3 nitrogen and oxygen atoms in total. The van der Waals surface area contributed by atoms with E-state index in [-0.39, 0.29) is 5.91 Å². The lowest BCUT2D eigenvalue weighted by Gasteiger charge is -2.33. The van der Waals surface area contributed by atoms with E-state index >= 15 is 0 Å². The molecular formula is C14H26N2O. The van der Waals surface area contributed by atoms with E-state index in [1.54, 1.807) is 0 Å². The molecule has 0 radical (unpaired) electrons. The van der Waals surface area contributed by atoms with Crippen molar-refractivity contribution in [1.82, 2.24) is 10.6 Å². The first-order valence-corrected chi connectivity index (χ1v) is 7.18. The van der Waals surface area contributed by atoms with E-state index < -0.39 is 0 Å². The first-order chi connectivity index (χ1) is 8.18. The highest BCUT2D eigenvalue weighted by Gasteiger charge is 2.27. The minimum absolute atomic E-state index is 0.233. The van der Waals surface area contributed by atoms with Gasteiger partial charge in [0, 0.05) is 19.0 Å². The lowest BCUT2D eigenvalue weighted by atomic mass is 9.76. The molecule has 0 bridgehead atoms. The van der Waals surface area contributed by atoms with Gasteiger partial charge in [-0.05, 0) is 37.6 Å². The van der Waals surface area contributed by atoms with Gasteiger partial charge in [0.15, 0.2) is 0 Å². The van der Waals surface area contributed by atoms with Gasteiger partial charge in [-0.15, -0.1) is 0 Å². The molecule has 17 heavy (non-hydrogen) atoms. The van der Waals surface area contributed by atoms with Gasteiger partial charge in [0.2, 0.25) is 5.91 Å². The lowest BCUT2D eigenvalue weighted by Crippen LogP contribution is -2.39. The molecule has 2 rings (SSSR count). The molecule has 0 spiro atoms. The summed E-state index contributed by atoms with van der Waals surface area (Å²) in [6.45, 7) is 4.27. The monoisotopic (exact) mass is 238 g/mol. The molecule has 3 heteroatoms. The predicted octanol–water partition coefficient (Wildman–Crippen LogP) is 2.22. The summed E-state index contributed by atoms with van der Waals surface area (Å²) >= 11 is 0. The Morgan fingerprint density at radius 2 is 2.06 bits per heavy atom. The van der Waals surface area contributed by atoms with Gasteiger partial charge < -0.3 is 10.6 Å². The van der Waals surface area contributed by atoms with Crippen LogP contribution in [0.4, 0.5) is 0 Å². The van der Waals surface area contributed by atoms with Crippen molar-refractivity contribution in [3.05, 3.63) is 0 Å². The smallest absolute Gasteiger partial charge is 0.221 e. The average molecular weight is 238 g/mol. The van der Waals surface area contributed by atoms with Crippen LogP contribution in [0.15, 0.2) is 0 Å². The summed E-state index contributed by atoms with van der Waals surface area (Å²) < 4.78 is 0. The number of hydrogen-bond donors (Lipinski definition) is 2. The zero-order valence-corrected chi connectivity index (χ0v) is 11.1. The van der Waals surface area contributed by atoms with Gasteiger partial charge in [-0.1, -0.05) is 26.2 Å². The van der Waals surface area contributed by atoms with Crippen molar-refractivity contribution in [2.75, 3.05) is 13.1 Å². The van der Waals surface area contributed by atoms with Crippen LogP contribution in [0.3, 0.4) is 0 Å². The van der Waals surface area contributed by atoms with Gasteiger partial charge in [0.05, 0.1) is 0 Å². The van der Waals surface area contributed by atoms with Crippen molar-refractivity contribution in [2.45, 2.75) is 64.3 Å². The number of carbonyl (C=O) groups is 1. The maximum Gasteiger partial charge on any atom is 0.221 e. The zero-order valence-electron chi connectivity index (χ0n) is 11.1. The van der Waals surface area contributed by atoms with Crippen molar-refractivity contribution in [1.29, 1.82) is 0 Å². The molecule has 1 unspecified atom stereocenters. The van der Waals surface area contributed by atoms with Crippen LogP contribution in [0.2, 0.25) is 0 Å². The largest absolute Gasteiger partial charge is 0.356 e. The highest BCUT2D eigenvalue weighted by Crippen LogP contribution is 2.34. The molecule has 98 valence electrons. The zero-order chi connectivity index (χ0) is 12.1. The van der Waals surface area contributed by atoms with Crippen LogP contribution in [-0.2, 0) is 4.79 Å². The van der Waals surface area contributed by atoms with Gasteiger partial charge in [-0.2, -0.15) is 0 Å². The molecule has 1 amide bonds. The third-order valence-electron chi connectivity index (χ3n) is 4.37. The Kier molecular flexibility index (Phi) is 4.43. The average Bonchev–Trinajstić information content (AvgIpc) is 2.80. The van der Waals surface area contributed by atoms with E-state index in [2.05, 4.69) is 17.6 Å². The number of carbonyl (C=O) groups excluding carboxylic acids is 1. The van der Waals surface area contributed by atoms with Gasteiger partial charge >= 0.3 is 0 Å². The Morgan fingerprint density at radius 1 is 1.29 bits per heavy atom. The SMILES string of the molecule is CC1(CNC(=O)CC2CCCN2)CCCCC1. The van der Waals surface area contributed by atoms with Crippen LogP contribution in [0.25, 0.3) is 0 Å². The Labute approximate surface area is 105 Å². The first kappa shape index (κ1) is 12.9. The van der Waals surface area contributed by atoms with Crippen molar-refractivity contribution >= 4 is 5.91 Å². The molecule has 0 aromatic carbocycles. The molecule has 1 saturated heterocycles. The van der Waals surface area contributed by atoms with Crippen LogP contribution < -0.4 is 10.6 Å². The second-order valence-corrected chi connectivity index (χ2v) is 6.15. The Bertz CT molecular complexity index is 253. The molecule has 2 fully saturated rings. The summed E-state index contributed by atoms with van der Waals surface area (Å²) in [5.74, 6) is 0.233. The lowest BCUT2D eigenvalue weighted by molar-refractivity contribution is -0.122. The van der Waals surface area contributed by atoms with E-state index in [4.69, 9.17) is 0 Å². The molecule has 1 heterocycles. The molecule has 1 atom stereocenters. The van der Waals surface area contributed by atoms with Crippen LogP contribution in [0.5, 0.6) is 0 Å². The quantitative estimate of drug-likeness (QED) is 0.788. The predicted molar refractivity (Wildman–Crippen MR) is 69.8 cm³/mol. The van der Waals surface area contributed by atoms with Gasteiger partial charge in [0.1, 0.15) is 0 Å². The summed E-state index contributed by atoms with van der Waals surface area (Å²) in [4.78, 5) is 11.8. The third kappa shape index (κ3) is 3.98. The van der Waals surface area contributed by atoms with Crippen LogP contribution >= 0.6 is 0 Å². The fourth-order valence-electron chi connectivity index (χ4n) is 3.12. The number of amides is 1. The van der Waals surface area contributed by atoms with E-state index in [0.717, 1.165) is 19.5 Å². The normalized spacial score (nSPS) is 27.9. The Balaban J connectivity index is 1.67. The number of hydrogen-bond acceptors (Lipinski definition) is 2. The molecule has 1 saturated carbocycles. The first-order valence-electron chi connectivity index (χ1n) is 7.18. The highest BCUT2D eigenvalue weighted by atomic mass is 16.1. The summed E-state index contributed by atoms with van der Waals surface area (Å²) in [7, 11) is 0. The molecule has 2 N–H and O–H groups in total. The van der Waals surface area contributed by atoms with Crippen LogP contribution in [0.1, 0.15) is 58.3 Å². The summed E-state index contributed by atoms with van der Waals surface area (Å²) in [5.41, 5.74) is 0.358. The van der Waals surface area contributed by atoms with Crippen molar-refractivity contribution < 1.29 is 4.79 Å². The van der Waals surface area contributed by atoms with Crippen LogP contribution in [-0.4, -0.2) is 25.0 Å². The van der Waals surface area contributed by atoms with Crippen molar-refractivity contribution in [3.63, 3.8) is 0 Å². The van der Waals surface area contributed by atoms with E-state index in [0.29, 0.717) is 17.9 Å². The van der Waals surface area contributed by atoms with Crippen molar-refractivity contribution in [3.8, 4) is 0 Å². The Hall–Kier alpha value is -0.570. The molecule has 0 aromatic rings. The van der Waals surface area contributed by atoms with Crippen LogP contribution in [0, 0.1) is 5.41 Å². The van der Waals surface area contributed by atoms with E-state index in [1.165, 1.54) is 38.5 Å². The summed E-state index contributed by atoms with van der Waals surface area (Å²) in [5, 5.41) is 6.51. The second-order valence-electron chi connectivity index (χ2n) is 6.15. The molecule has 0 aromatic heterocycles. The second kappa shape index (κ2) is 5.85. The van der Waals surface area contributed by atoms with Gasteiger partial charge in [0.25, 0.3) is 0 Å². The number of nitrogens with one attached hydrogen (secondary N) is 2. The highest BCUT2D eigenvalue weighted by molar-refractivity contribution is 5.76. The molecule has 1 aliphatic carbocycles. The standard InChI is InChI=1S/C14H26N2O/c1-14(7-3-2-4-8-14)11-16-13(17)10-12-6-5-9-15-12/h12,15H,2-11H2,1H3,(H,16,17). The maximum absolute atomic E-state index is 11.8. The van der Waals surface area contributed by atoms with E-state index in [9.17, 15) is 4.79 Å². The maximum atomic E-state index is 11.8. The topological polar surface area (TPSA) is 41.1 Å². The summed E-state index contributed by atoms with van der Waals surface area (Å²) in [6.07, 6.45) is 9.61.